The Kier molecular flexibility index (Phi) is 3.76. The zero-order chi connectivity index (χ0) is 15.2. The van der Waals surface area contributed by atoms with E-state index in [2.05, 4.69) is 46.8 Å². The van der Waals surface area contributed by atoms with Crippen LogP contribution in [0.4, 0.5) is 0 Å². The lowest BCUT2D eigenvalue weighted by Crippen LogP contribution is -2.18. The van der Waals surface area contributed by atoms with E-state index in [0.717, 1.165) is 12.3 Å². The van der Waals surface area contributed by atoms with Crippen molar-refractivity contribution in [3.63, 3.8) is 0 Å². The van der Waals surface area contributed by atoms with Gasteiger partial charge in [0.15, 0.2) is 0 Å². The molecule has 21 heavy (non-hydrogen) atoms. The van der Waals surface area contributed by atoms with Gasteiger partial charge >= 0.3 is 0 Å². The molecule has 0 unspecified atom stereocenters. The van der Waals surface area contributed by atoms with Gasteiger partial charge in [0.2, 0.25) is 0 Å². The summed E-state index contributed by atoms with van der Waals surface area (Å²) < 4.78 is 0. The Bertz CT molecular complexity index is 569. The molecule has 0 spiro atoms. The van der Waals surface area contributed by atoms with Crippen LogP contribution in [0.1, 0.15) is 73.1 Å². The summed E-state index contributed by atoms with van der Waals surface area (Å²) in [5.41, 5.74) is 9.72. The van der Waals surface area contributed by atoms with Crippen molar-refractivity contribution in [3.8, 4) is 0 Å². The average molecular weight is 282 g/mol. The van der Waals surface area contributed by atoms with Crippen molar-refractivity contribution in [1.82, 2.24) is 0 Å². The molecule has 3 rings (SSSR count). The van der Waals surface area contributed by atoms with E-state index in [9.17, 15) is 0 Å². The van der Waals surface area contributed by atoms with Gasteiger partial charge in [-0.2, -0.15) is 0 Å². The zero-order valence-electron chi connectivity index (χ0n) is 14.5. The summed E-state index contributed by atoms with van der Waals surface area (Å²) in [6.45, 7) is 11.8. The molecule has 1 fully saturated rings. The van der Waals surface area contributed by atoms with Crippen molar-refractivity contribution in [2.24, 2.45) is 11.3 Å². The second kappa shape index (κ2) is 5.30. The molecule has 0 heterocycles. The monoisotopic (exact) mass is 282 g/mol. The zero-order valence-corrected chi connectivity index (χ0v) is 14.5. The molecule has 0 heteroatoms. The standard InChI is InChI=1S/C21H30/c1-14-15(2)20(21(4,5)16(14)3)19-13-9-12-18(19)17-10-7-6-8-11-17/h12-13,17H,6-11H2,1-5H3. The third kappa shape index (κ3) is 2.28. The number of allylic oxidation sites excluding steroid dienone is 8. The highest BCUT2D eigenvalue weighted by Gasteiger charge is 2.38. The Morgan fingerprint density at radius 1 is 0.905 bits per heavy atom. The van der Waals surface area contributed by atoms with Crippen LogP contribution in [-0.2, 0) is 0 Å². The van der Waals surface area contributed by atoms with E-state index in [4.69, 9.17) is 0 Å². The molecule has 0 nitrogen and oxygen atoms in total. The minimum atomic E-state index is 0.206. The van der Waals surface area contributed by atoms with Crippen molar-refractivity contribution < 1.29 is 0 Å². The summed E-state index contributed by atoms with van der Waals surface area (Å²) in [4.78, 5) is 0. The molecule has 0 saturated heterocycles. The molecule has 0 atom stereocenters. The smallest absolute Gasteiger partial charge is 0.0117 e. The van der Waals surface area contributed by atoms with E-state index in [1.165, 1.54) is 43.3 Å². The lowest BCUT2D eigenvalue weighted by Gasteiger charge is -2.31. The lowest BCUT2D eigenvalue weighted by atomic mass is 9.72. The first kappa shape index (κ1) is 14.9. The topological polar surface area (TPSA) is 0 Å². The van der Waals surface area contributed by atoms with Gasteiger partial charge in [-0.25, -0.2) is 0 Å². The van der Waals surface area contributed by atoms with E-state index in [-0.39, 0.29) is 5.41 Å². The summed E-state index contributed by atoms with van der Waals surface area (Å²) >= 11 is 0. The first-order valence-corrected chi connectivity index (χ1v) is 8.75. The normalized spacial score (nSPS) is 26.5. The minimum absolute atomic E-state index is 0.206. The predicted molar refractivity (Wildman–Crippen MR) is 92.2 cm³/mol. The van der Waals surface area contributed by atoms with E-state index in [0.29, 0.717) is 0 Å². The Hall–Kier alpha value is -1.04. The van der Waals surface area contributed by atoms with Gasteiger partial charge in [0, 0.05) is 5.41 Å². The minimum Gasteiger partial charge on any atom is -0.0766 e. The fourth-order valence-electron chi connectivity index (χ4n) is 4.71. The second-order valence-electron chi connectivity index (χ2n) is 7.72. The quantitative estimate of drug-likeness (QED) is 0.541. The molecule has 3 aliphatic rings. The van der Waals surface area contributed by atoms with Crippen LogP contribution in [0.3, 0.4) is 0 Å². The summed E-state index contributed by atoms with van der Waals surface area (Å²) in [5.74, 6) is 0.824. The van der Waals surface area contributed by atoms with E-state index < -0.39 is 0 Å². The molecule has 3 aliphatic carbocycles. The predicted octanol–water partition coefficient (Wildman–Crippen LogP) is 6.52. The van der Waals surface area contributed by atoms with Gasteiger partial charge in [-0.05, 0) is 73.8 Å². The van der Waals surface area contributed by atoms with Gasteiger partial charge in [0.1, 0.15) is 0 Å². The maximum absolute atomic E-state index is 2.52. The maximum atomic E-state index is 2.52. The first-order valence-electron chi connectivity index (χ1n) is 8.75. The van der Waals surface area contributed by atoms with Crippen LogP contribution < -0.4 is 0 Å². The van der Waals surface area contributed by atoms with Gasteiger partial charge in [-0.3, -0.25) is 0 Å². The molecule has 0 amide bonds. The molecule has 114 valence electrons. The molecule has 1 saturated carbocycles. The summed E-state index contributed by atoms with van der Waals surface area (Å²) in [7, 11) is 0. The van der Waals surface area contributed by atoms with Crippen LogP contribution in [0, 0.1) is 11.3 Å². The van der Waals surface area contributed by atoms with E-state index >= 15 is 0 Å². The average Bonchev–Trinajstić information content (AvgIpc) is 2.99. The van der Waals surface area contributed by atoms with Crippen LogP contribution in [0.25, 0.3) is 0 Å². The van der Waals surface area contributed by atoms with E-state index in [1.807, 2.05) is 0 Å². The van der Waals surface area contributed by atoms with Crippen molar-refractivity contribution in [2.45, 2.75) is 73.1 Å². The fourth-order valence-corrected chi connectivity index (χ4v) is 4.71. The summed E-state index contributed by atoms with van der Waals surface area (Å²) in [6.07, 6.45) is 13.3. The van der Waals surface area contributed by atoms with Gasteiger partial charge in [0.25, 0.3) is 0 Å². The van der Waals surface area contributed by atoms with Crippen molar-refractivity contribution in [1.29, 1.82) is 0 Å². The first-order chi connectivity index (χ1) is 9.94. The largest absolute Gasteiger partial charge is 0.0766 e. The summed E-state index contributed by atoms with van der Waals surface area (Å²) in [6, 6.07) is 0. The highest BCUT2D eigenvalue weighted by Crippen LogP contribution is 2.53. The van der Waals surface area contributed by atoms with Crippen LogP contribution in [0.2, 0.25) is 0 Å². The third-order valence-electron chi connectivity index (χ3n) is 6.35. The second-order valence-corrected chi connectivity index (χ2v) is 7.72. The fraction of sp³-hybridized carbons (Fsp3) is 0.619. The molecule has 0 aromatic carbocycles. The Balaban J connectivity index is 1.96. The summed E-state index contributed by atoms with van der Waals surface area (Å²) in [5, 5.41) is 0. The molecule has 0 aromatic rings. The molecular weight excluding hydrogens is 252 g/mol. The number of hydrogen-bond acceptors (Lipinski definition) is 0. The number of hydrogen-bond donors (Lipinski definition) is 0. The van der Waals surface area contributed by atoms with Crippen LogP contribution in [-0.4, -0.2) is 0 Å². The molecular formula is C21H30. The van der Waals surface area contributed by atoms with Crippen LogP contribution >= 0.6 is 0 Å². The molecule has 0 aromatic heterocycles. The molecule has 0 N–H and O–H groups in total. The van der Waals surface area contributed by atoms with Gasteiger partial charge in [-0.15, -0.1) is 0 Å². The molecule has 0 radical (unpaired) electrons. The van der Waals surface area contributed by atoms with Gasteiger partial charge in [0.05, 0.1) is 0 Å². The SMILES string of the molecule is CC1=C(C)C(C)(C)C(C2=CCC=C2C2CCCCC2)=C1C. The Labute approximate surface area is 130 Å². The third-order valence-corrected chi connectivity index (χ3v) is 6.35. The number of rotatable bonds is 2. The van der Waals surface area contributed by atoms with Gasteiger partial charge in [-0.1, -0.05) is 50.8 Å². The van der Waals surface area contributed by atoms with Crippen molar-refractivity contribution in [3.05, 3.63) is 45.6 Å². The van der Waals surface area contributed by atoms with Crippen molar-refractivity contribution in [2.75, 3.05) is 0 Å². The van der Waals surface area contributed by atoms with Crippen LogP contribution in [0.15, 0.2) is 45.6 Å². The highest BCUT2D eigenvalue weighted by atomic mass is 14.4. The highest BCUT2D eigenvalue weighted by molar-refractivity contribution is 5.64. The van der Waals surface area contributed by atoms with Crippen LogP contribution in [0.5, 0.6) is 0 Å². The van der Waals surface area contributed by atoms with Gasteiger partial charge < -0.3 is 0 Å². The Morgan fingerprint density at radius 3 is 2.14 bits per heavy atom. The molecule has 0 aliphatic heterocycles. The van der Waals surface area contributed by atoms with E-state index in [1.54, 1.807) is 22.3 Å². The Morgan fingerprint density at radius 2 is 1.57 bits per heavy atom. The molecule has 0 bridgehead atoms. The maximum Gasteiger partial charge on any atom is 0.0117 e. The lowest BCUT2D eigenvalue weighted by molar-refractivity contribution is 0.405. The van der Waals surface area contributed by atoms with Crippen molar-refractivity contribution >= 4 is 0 Å².